The second-order valence-electron chi connectivity index (χ2n) is 5.32. The zero-order valence-corrected chi connectivity index (χ0v) is 12.5. The number of halogens is 1. The minimum absolute atomic E-state index is 0.0145. The topological polar surface area (TPSA) is 26.0 Å². The van der Waals surface area contributed by atoms with Gasteiger partial charge in [-0.15, -0.1) is 0 Å². The molecular weight excluding hydrogens is 254 g/mol. The maximum atomic E-state index is 6.29. The summed E-state index contributed by atoms with van der Waals surface area (Å²) in [7, 11) is 0. The summed E-state index contributed by atoms with van der Waals surface area (Å²) >= 11 is 6.16. The zero-order chi connectivity index (χ0) is 14.0. The van der Waals surface area contributed by atoms with Crippen LogP contribution in [-0.2, 0) is 6.42 Å². The smallest absolute Gasteiger partial charge is 0.0438 e. The van der Waals surface area contributed by atoms with Crippen molar-refractivity contribution in [2.75, 3.05) is 0 Å². The Morgan fingerprint density at radius 3 is 2.21 bits per heavy atom. The van der Waals surface area contributed by atoms with Gasteiger partial charge in [-0.3, -0.25) is 0 Å². The highest BCUT2D eigenvalue weighted by atomic mass is 35.5. The molecule has 0 saturated heterocycles. The molecule has 100 valence electrons. The van der Waals surface area contributed by atoms with Gasteiger partial charge in [-0.25, -0.2) is 0 Å². The van der Waals surface area contributed by atoms with Crippen molar-refractivity contribution in [3.05, 3.63) is 69.2 Å². The monoisotopic (exact) mass is 273 g/mol. The molecule has 0 aliphatic heterocycles. The minimum atomic E-state index is -0.0145. The molecule has 0 radical (unpaired) electrons. The Morgan fingerprint density at radius 1 is 1.00 bits per heavy atom. The Morgan fingerprint density at radius 2 is 1.63 bits per heavy atom. The molecule has 0 aliphatic rings. The summed E-state index contributed by atoms with van der Waals surface area (Å²) in [5.74, 6) is 0. The maximum absolute atomic E-state index is 6.29. The van der Waals surface area contributed by atoms with Crippen LogP contribution >= 0.6 is 11.6 Å². The molecule has 19 heavy (non-hydrogen) atoms. The van der Waals surface area contributed by atoms with Gasteiger partial charge in [-0.1, -0.05) is 53.1 Å². The molecule has 1 atom stereocenters. The van der Waals surface area contributed by atoms with E-state index in [1.807, 2.05) is 19.1 Å². The number of rotatable bonds is 3. The van der Waals surface area contributed by atoms with E-state index in [9.17, 15) is 0 Å². The summed E-state index contributed by atoms with van der Waals surface area (Å²) in [4.78, 5) is 0. The van der Waals surface area contributed by atoms with Crippen LogP contribution in [0.2, 0.25) is 5.02 Å². The van der Waals surface area contributed by atoms with Crippen LogP contribution in [0.1, 0.15) is 33.9 Å². The lowest BCUT2D eigenvalue weighted by molar-refractivity contribution is 0.721. The lowest BCUT2D eigenvalue weighted by atomic mass is 9.96. The predicted octanol–water partition coefficient (Wildman–Crippen LogP) is 4.51. The first-order valence-corrected chi connectivity index (χ1v) is 6.92. The fraction of sp³-hybridized carbons (Fsp3) is 0.294. The van der Waals surface area contributed by atoms with Gasteiger partial charge < -0.3 is 5.73 Å². The highest BCUT2D eigenvalue weighted by molar-refractivity contribution is 6.31. The Balaban J connectivity index is 2.20. The van der Waals surface area contributed by atoms with E-state index in [0.29, 0.717) is 0 Å². The number of hydrogen-bond donors (Lipinski definition) is 1. The van der Waals surface area contributed by atoms with Crippen molar-refractivity contribution in [3.8, 4) is 0 Å². The quantitative estimate of drug-likeness (QED) is 0.875. The summed E-state index contributed by atoms with van der Waals surface area (Å²) < 4.78 is 0. The van der Waals surface area contributed by atoms with E-state index in [2.05, 4.69) is 38.1 Å². The molecule has 0 amide bonds. The third-order valence-corrected chi connectivity index (χ3v) is 3.77. The molecule has 0 fully saturated rings. The van der Waals surface area contributed by atoms with E-state index in [1.165, 1.54) is 16.7 Å². The summed E-state index contributed by atoms with van der Waals surface area (Å²) in [6.45, 7) is 6.23. The zero-order valence-electron chi connectivity index (χ0n) is 11.7. The molecule has 1 nitrogen and oxygen atoms in total. The fourth-order valence-electron chi connectivity index (χ4n) is 2.40. The van der Waals surface area contributed by atoms with Crippen LogP contribution in [0.25, 0.3) is 0 Å². The minimum Gasteiger partial charge on any atom is -0.324 e. The highest BCUT2D eigenvalue weighted by Crippen LogP contribution is 2.23. The van der Waals surface area contributed by atoms with Crippen molar-refractivity contribution in [2.24, 2.45) is 5.73 Å². The second-order valence-corrected chi connectivity index (χ2v) is 5.72. The maximum Gasteiger partial charge on any atom is 0.0438 e. The molecule has 0 aromatic heterocycles. The van der Waals surface area contributed by atoms with Crippen LogP contribution in [0.4, 0.5) is 0 Å². The molecule has 0 bridgehead atoms. The van der Waals surface area contributed by atoms with Crippen LogP contribution in [-0.4, -0.2) is 0 Å². The van der Waals surface area contributed by atoms with Crippen LogP contribution in [0.5, 0.6) is 0 Å². The summed E-state index contributed by atoms with van der Waals surface area (Å²) in [6.07, 6.45) is 0.835. The number of nitrogens with two attached hydrogens (primary N) is 1. The van der Waals surface area contributed by atoms with Gasteiger partial charge in [-0.05, 0) is 49.9 Å². The van der Waals surface area contributed by atoms with Crippen molar-refractivity contribution in [2.45, 2.75) is 33.2 Å². The van der Waals surface area contributed by atoms with Gasteiger partial charge in [0.2, 0.25) is 0 Å². The summed E-state index contributed by atoms with van der Waals surface area (Å²) in [6, 6.07) is 12.6. The second kappa shape index (κ2) is 5.77. The normalized spacial score (nSPS) is 12.5. The van der Waals surface area contributed by atoms with Gasteiger partial charge in [-0.2, -0.15) is 0 Å². The summed E-state index contributed by atoms with van der Waals surface area (Å²) in [5.41, 5.74) is 12.3. The van der Waals surface area contributed by atoms with E-state index < -0.39 is 0 Å². The number of hydrogen-bond acceptors (Lipinski definition) is 1. The van der Waals surface area contributed by atoms with Gasteiger partial charge in [0.05, 0.1) is 0 Å². The van der Waals surface area contributed by atoms with Crippen LogP contribution in [0.15, 0.2) is 36.4 Å². The highest BCUT2D eigenvalue weighted by Gasteiger charge is 2.09. The Labute approximate surface area is 120 Å². The largest absolute Gasteiger partial charge is 0.324 e. The molecule has 0 spiro atoms. The molecule has 1 unspecified atom stereocenters. The van der Waals surface area contributed by atoms with E-state index >= 15 is 0 Å². The van der Waals surface area contributed by atoms with Crippen LogP contribution in [0.3, 0.4) is 0 Å². The third-order valence-electron chi connectivity index (χ3n) is 3.36. The van der Waals surface area contributed by atoms with E-state index in [0.717, 1.165) is 22.6 Å². The van der Waals surface area contributed by atoms with E-state index in [1.54, 1.807) is 0 Å². The lowest BCUT2D eigenvalue weighted by Gasteiger charge is -2.14. The molecule has 2 N–H and O–H groups in total. The molecule has 2 rings (SSSR count). The first kappa shape index (κ1) is 14.1. The lowest BCUT2D eigenvalue weighted by Crippen LogP contribution is -2.13. The summed E-state index contributed by atoms with van der Waals surface area (Å²) in [5, 5.41) is 0.786. The van der Waals surface area contributed by atoms with Gasteiger partial charge >= 0.3 is 0 Å². The number of benzene rings is 2. The Kier molecular flexibility index (Phi) is 4.28. The van der Waals surface area contributed by atoms with Crippen molar-refractivity contribution < 1.29 is 0 Å². The Hall–Kier alpha value is -1.31. The molecule has 2 aromatic carbocycles. The van der Waals surface area contributed by atoms with Crippen LogP contribution in [0, 0.1) is 20.8 Å². The molecule has 0 heterocycles. The average Bonchev–Trinajstić information content (AvgIpc) is 2.31. The van der Waals surface area contributed by atoms with E-state index in [-0.39, 0.29) is 6.04 Å². The van der Waals surface area contributed by atoms with E-state index in [4.69, 9.17) is 17.3 Å². The predicted molar refractivity (Wildman–Crippen MR) is 82.7 cm³/mol. The SMILES string of the molecule is Cc1cc(C)cc(CC(N)c2ccc(C)c(Cl)c2)c1. The number of aryl methyl sites for hydroxylation is 3. The van der Waals surface area contributed by atoms with Crippen molar-refractivity contribution in [1.29, 1.82) is 0 Å². The first-order chi connectivity index (χ1) is 8.95. The molecule has 2 aromatic rings. The van der Waals surface area contributed by atoms with Gasteiger partial charge in [0.1, 0.15) is 0 Å². The molecular formula is C17H20ClN. The van der Waals surface area contributed by atoms with Gasteiger partial charge in [0.25, 0.3) is 0 Å². The Bertz CT molecular complexity index is 570. The van der Waals surface area contributed by atoms with Crippen molar-refractivity contribution >= 4 is 11.6 Å². The van der Waals surface area contributed by atoms with Crippen LogP contribution < -0.4 is 5.73 Å². The van der Waals surface area contributed by atoms with Gasteiger partial charge in [0.15, 0.2) is 0 Å². The van der Waals surface area contributed by atoms with Gasteiger partial charge in [0, 0.05) is 11.1 Å². The third kappa shape index (κ3) is 3.59. The standard InChI is InChI=1S/C17H20ClN/c1-11-6-12(2)8-14(7-11)9-17(19)15-5-4-13(3)16(18)10-15/h4-8,10,17H,9,19H2,1-3H3. The van der Waals surface area contributed by atoms with Crippen molar-refractivity contribution in [3.63, 3.8) is 0 Å². The molecule has 0 saturated carbocycles. The molecule has 0 aliphatic carbocycles. The fourth-order valence-corrected chi connectivity index (χ4v) is 2.59. The van der Waals surface area contributed by atoms with Crippen molar-refractivity contribution in [1.82, 2.24) is 0 Å². The average molecular weight is 274 g/mol. The molecule has 2 heteroatoms. The first-order valence-electron chi connectivity index (χ1n) is 6.54.